The molecule has 4 rings (SSSR count). The van der Waals surface area contributed by atoms with Crippen molar-refractivity contribution in [3.8, 4) is 11.3 Å². The second-order valence-corrected chi connectivity index (χ2v) is 7.24. The van der Waals surface area contributed by atoms with Crippen molar-refractivity contribution in [2.75, 3.05) is 0 Å². The van der Waals surface area contributed by atoms with E-state index in [-0.39, 0.29) is 29.4 Å². The number of nitrogens with one attached hydrogen (secondary N) is 2. The van der Waals surface area contributed by atoms with Crippen LogP contribution in [0.2, 0.25) is 0 Å². The minimum atomic E-state index is -2.96. The van der Waals surface area contributed by atoms with Crippen LogP contribution >= 0.6 is 0 Å². The average Bonchev–Trinajstić information content (AvgIpc) is 3.21. The Bertz CT molecular complexity index is 1060. The van der Waals surface area contributed by atoms with Crippen molar-refractivity contribution < 1.29 is 18.0 Å². The van der Waals surface area contributed by atoms with Crippen LogP contribution in [0.5, 0.6) is 0 Å². The minimum Gasteiger partial charge on any atom is -0.342 e. The highest BCUT2D eigenvalue weighted by Gasteiger charge is 2.42. The largest absolute Gasteiger partial charge is 0.342 e. The number of imidazole rings is 1. The number of H-pyrrole nitrogens is 1. The third-order valence-corrected chi connectivity index (χ3v) is 5.42. The lowest BCUT2D eigenvalue weighted by Gasteiger charge is -2.31. The van der Waals surface area contributed by atoms with Crippen LogP contribution in [0.3, 0.4) is 0 Å². The molecule has 0 aliphatic heterocycles. The molecule has 0 spiro atoms. The molecule has 2 heterocycles. The summed E-state index contributed by atoms with van der Waals surface area (Å²) >= 11 is 0. The second-order valence-electron chi connectivity index (χ2n) is 7.24. The number of amides is 1. The SMILES string of the molecule is Cc1ncc(-c2cc(F)c3[nH]nc(C(=O)N[C@H]4CCCCC4(F)F)c3c2)n1C. The van der Waals surface area contributed by atoms with E-state index in [1.54, 1.807) is 23.9 Å². The van der Waals surface area contributed by atoms with Crippen molar-refractivity contribution in [2.45, 2.75) is 44.6 Å². The van der Waals surface area contributed by atoms with Gasteiger partial charge in [0.15, 0.2) is 5.69 Å². The summed E-state index contributed by atoms with van der Waals surface area (Å²) in [6.45, 7) is 1.82. The normalized spacial score (nSPS) is 19.1. The molecule has 1 aliphatic carbocycles. The van der Waals surface area contributed by atoms with Gasteiger partial charge in [-0.2, -0.15) is 5.10 Å². The molecule has 9 heteroatoms. The van der Waals surface area contributed by atoms with E-state index >= 15 is 0 Å². The summed E-state index contributed by atoms with van der Waals surface area (Å²) in [5.41, 5.74) is 1.15. The first kappa shape index (κ1) is 18.5. The number of nitrogens with zero attached hydrogens (tertiary/aromatic N) is 3. The zero-order valence-electron chi connectivity index (χ0n) is 15.5. The van der Waals surface area contributed by atoms with Crippen LogP contribution in [0.15, 0.2) is 18.3 Å². The Morgan fingerprint density at radius 2 is 2.14 bits per heavy atom. The number of aromatic nitrogens is 4. The first-order valence-electron chi connectivity index (χ1n) is 9.13. The van der Waals surface area contributed by atoms with Gasteiger partial charge in [0, 0.05) is 24.4 Å². The fourth-order valence-electron chi connectivity index (χ4n) is 3.67. The number of aromatic amines is 1. The number of hydrogen-bond donors (Lipinski definition) is 2. The number of rotatable bonds is 3. The summed E-state index contributed by atoms with van der Waals surface area (Å²) in [7, 11) is 1.80. The fourth-order valence-corrected chi connectivity index (χ4v) is 3.67. The lowest BCUT2D eigenvalue weighted by molar-refractivity contribution is -0.0609. The molecule has 1 amide bonds. The average molecular weight is 391 g/mol. The number of hydrogen-bond acceptors (Lipinski definition) is 3. The fraction of sp³-hybridized carbons (Fsp3) is 0.421. The predicted molar refractivity (Wildman–Crippen MR) is 97.7 cm³/mol. The first-order chi connectivity index (χ1) is 13.3. The number of fused-ring (bicyclic) bond motifs is 1. The van der Waals surface area contributed by atoms with Gasteiger partial charge in [-0.25, -0.2) is 18.2 Å². The zero-order valence-corrected chi connectivity index (χ0v) is 15.5. The maximum Gasteiger partial charge on any atom is 0.272 e. The molecule has 0 bridgehead atoms. The van der Waals surface area contributed by atoms with E-state index in [2.05, 4.69) is 20.5 Å². The van der Waals surface area contributed by atoms with E-state index in [1.807, 2.05) is 6.92 Å². The molecule has 148 valence electrons. The van der Waals surface area contributed by atoms with Crippen LogP contribution in [-0.4, -0.2) is 37.6 Å². The van der Waals surface area contributed by atoms with Gasteiger partial charge in [-0.15, -0.1) is 0 Å². The first-order valence-corrected chi connectivity index (χ1v) is 9.13. The van der Waals surface area contributed by atoms with Gasteiger partial charge in [0.25, 0.3) is 11.8 Å². The van der Waals surface area contributed by atoms with Crippen LogP contribution in [0, 0.1) is 12.7 Å². The van der Waals surface area contributed by atoms with Crippen molar-refractivity contribution in [3.63, 3.8) is 0 Å². The van der Waals surface area contributed by atoms with E-state index in [9.17, 15) is 18.0 Å². The van der Waals surface area contributed by atoms with Gasteiger partial charge in [0.2, 0.25) is 0 Å². The van der Waals surface area contributed by atoms with Crippen LogP contribution < -0.4 is 5.32 Å². The number of benzene rings is 1. The van der Waals surface area contributed by atoms with Gasteiger partial charge in [-0.3, -0.25) is 9.89 Å². The lowest BCUT2D eigenvalue weighted by atomic mass is 9.91. The molecule has 1 fully saturated rings. The Balaban J connectivity index is 1.71. The molecular weight excluding hydrogens is 371 g/mol. The molecule has 28 heavy (non-hydrogen) atoms. The number of alkyl halides is 2. The molecule has 1 saturated carbocycles. The van der Waals surface area contributed by atoms with Crippen LogP contribution in [0.1, 0.15) is 42.0 Å². The van der Waals surface area contributed by atoms with Gasteiger partial charge >= 0.3 is 0 Å². The predicted octanol–water partition coefficient (Wildman–Crippen LogP) is 3.72. The molecule has 3 aromatic rings. The van der Waals surface area contributed by atoms with E-state index in [0.29, 0.717) is 24.1 Å². The third-order valence-electron chi connectivity index (χ3n) is 5.42. The maximum atomic E-state index is 14.6. The van der Waals surface area contributed by atoms with E-state index < -0.39 is 23.7 Å². The van der Waals surface area contributed by atoms with Crippen molar-refractivity contribution >= 4 is 16.8 Å². The van der Waals surface area contributed by atoms with Crippen molar-refractivity contribution in [1.29, 1.82) is 0 Å². The lowest BCUT2D eigenvalue weighted by Crippen LogP contribution is -2.49. The van der Waals surface area contributed by atoms with Gasteiger partial charge in [-0.1, -0.05) is 6.42 Å². The van der Waals surface area contributed by atoms with Crippen molar-refractivity contribution in [2.24, 2.45) is 7.05 Å². The highest BCUT2D eigenvalue weighted by Crippen LogP contribution is 2.34. The summed E-state index contributed by atoms with van der Waals surface area (Å²) in [6, 6.07) is 1.70. The Kier molecular flexibility index (Phi) is 4.40. The molecule has 0 radical (unpaired) electrons. The molecule has 6 nitrogen and oxygen atoms in total. The van der Waals surface area contributed by atoms with Crippen molar-refractivity contribution in [1.82, 2.24) is 25.1 Å². The monoisotopic (exact) mass is 391 g/mol. The van der Waals surface area contributed by atoms with E-state index in [0.717, 1.165) is 5.82 Å². The van der Waals surface area contributed by atoms with Crippen LogP contribution in [-0.2, 0) is 7.05 Å². The molecule has 2 aromatic heterocycles. The maximum absolute atomic E-state index is 14.6. The van der Waals surface area contributed by atoms with Gasteiger partial charge in [0.05, 0.1) is 17.9 Å². The van der Waals surface area contributed by atoms with Crippen molar-refractivity contribution in [3.05, 3.63) is 35.7 Å². The van der Waals surface area contributed by atoms with Crippen LogP contribution in [0.4, 0.5) is 13.2 Å². The van der Waals surface area contributed by atoms with Gasteiger partial charge in [0.1, 0.15) is 17.2 Å². The Labute approximate surface area is 159 Å². The summed E-state index contributed by atoms with van der Waals surface area (Å²) < 4.78 is 44.5. The summed E-state index contributed by atoms with van der Waals surface area (Å²) in [6.07, 6.45) is 2.62. The van der Waals surface area contributed by atoms with E-state index in [4.69, 9.17) is 0 Å². The Hall–Kier alpha value is -2.84. The molecule has 2 N–H and O–H groups in total. The molecule has 1 aliphatic rings. The smallest absolute Gasteiger partial charge is 0.272 e. The second kappa shape index (κ2) is 6.65. The zero-order chi connectivity index (χ0) is 20.1. The quantitative estimate of drug-likeness (QED) is 0.715. The number of halogens is 3. The molecule has 0 unspecified atom stereocenters. The Morgan fingerprint density at radius 3 is 2.82 bits per heavy atom. The summed E-state index contributed by atoms with van der Waals surface area (Å²) in [4.78, 5) is 16.8. The molecule has 1 aromatic carbocycles. The topological polar surface area (TPSA) is 75.6 Å². The van der Waals surface area contributed by atoms with E-state index in [1.165, 1.54) is 6.07 Å². The molecule has 0 saturated heterocycles. The van der Waals surface area contributed by atoms with Gasteiger partial charge < -0.3 is 9.88 Å². The third kappa shape index (κ3) is 3.04. The summed E-state index contributed by atoms with van der Waals surface area (Å²) in [5, 5.41) is 9.01. The van der Waals surface area contributed by atoms with Crippen LogP contribution in [0.25, 0.3) is 22.2 Å². The number of aryl methyl sites for hydroxylation is 1. The minimum absolute atomic E-state index is 0.0585. The summed E-state index contributed by atoms with van der Waals surface area (Å²) in [5.74, 6) is -3.53. The Morgan fingerprint density at radius 1 is 1.36 bits per heavy atom. The number of carbonyl (C=O) groups is 1. The number of carbonyl (C=O) groups excluding carboxylic acids is 1. The molecular formula is C19H20F3N5O. The standard InChI is InChI=1S/C19H20F3N5O/c1-10-23-9-14(27(10)2)11-7-12-16(13(20)8-11)25-26-17(12)18(28)24-15-5-3-4-6-19(15,21)22/h7-9,15H,3-6H2,1-2H3,(H,24,28)(H,25,26)/t15-/m0/s1. The van der Waals surface area contributed by atoms with Gasteiger partial charge in [-0.05, 0) is 31.9 Å². The highest BCUT2D eigenvalue weighted by molar-refractivity contribution is 6.05. The molecule has 1 atom stereocenters. The highest BCUT2D eigenvalue weighted by atomic mass is 19.3.